The second-order valence-corrected chi connectivity index (χ2v) is 5.49. The Morgan fingerprint density at radius 2 is 2.39 bits per heavy atom. The molecule has 3 nitrogen and oxygen atoms in total. The van der Waals surface area contributed by atoms with E-state index in [1.165, 1.54) is 12.8 Å². The van der Waals surface area contributed by atoms with E-state index in [-0.39, 0.29) is 0 Å². The number of piperidine rings is 1. The minimum atomic E-state index is -1.34. The first-order valence-electron chi connectivity index (χ1n) is 7.07. The molecule has 2 rings (SSSR count). The van der Waals surface area contributed by atoms with Gasteiger partial charge < -0.3 is 9.88 Å². The molecule has 2 unspecified atom stereocenters. The molecule has 0 aromatic carbocycles. The van der Waals surface area contributed by atoms with Gasteiger partial charge in [-0.2, -0.15) is 0 Å². The summed E-state index contributed by atoms with van der Waals surface area (Å²) in [6.45, 7) is 5.62. The SMILES string of the molecule is CCCn1ccnc1C(C)(F)CC1CCCCN1. The van der Waals surface area contributed by atoms with Crippen LogP contribution in [-0.2, 0) is 12.2 Å². The van der Waals surface area contributed by atoms with Crippen LogP contribution in [0.15, 0.2) is 12.4 Å². The molecule has 4 heteroatoms. The van der Waals surface area contributed by atoms with Crippen molar-refractivity contribution in [3.8, 4) is 0 Å². The van der Waals surface area contributed by atoms with Crippen molar-refractivity contribution in [3.05, 3.63) is 18.2 Å². The lowest BCUT2D eigenvalue weighted by Gasteiger charge is -2.29. The molecule has 1 saturated heterocycles. The van der Waals surface area contributed by atoms with Gasteiger partial charge in [0.15, 0.2) is 5.67 Å². The lowest BCUT2D eigenvalue weighted by Crippen LogP contribution is -2.39. The maximum Gasteiger partial charge on any atom is 0.167 e. The van der Waals surface area contributed by atoms with Gasteiger partial charge in [0.2, 0.25) is 0 Å². The molecule has 0 aliphatic carbocycles. The zero-order valence-electron chi connectivity index (χ0n) is 11.5. The number of hydrogen-bond donors (Lipinski definition) is 1. The van der Waals surface area contributed by atoms with Gasteiger partial charge in [0, 0.05) is 31.4 Å². The third-order valence-electron chi connectivity index (χ3n) is 3.69. The topological polar surface area (TPSA) is 29.9 Å². The molecular weight excluding hydrogens is 229 g/mol. The highest BCUT2D eigenvalue weighted by Crippen LogP contribution is 2.31. The van der Waals surface area contributed by atoms with Crippen LogP contribution in [0.5, 0.6) is 0 Å². The van der Waals surface area contributed by atoms with Gasteiger partial charge in [-0.15, -0.1) is 0 Å². The molecule has 102 valence electrons. The standard InChI is InChI=1S/C14H24FN3/c1-3-9-18-10-8-17-13(18)14(2,15)11-12-6-4-5-7-16-12/h8,10,12,16H,3-7,9,11H2,1-2H3. The van der Waals surface area contributed by atoms with E-state index in [1.54, 1.807) is 13.1 Å². The summed E-state index contributed by atoms with van der Waals surface area (Å²) < 4.78 is 16.8. The maximum atomic E-state index is 14.9. The number of nitrogens with zero attached hydrogens (tertiary/aromatic N) is 2. The van der Waals surface area contributed by atoms with Gasteiger partial charge in [-0.25, -0.2) is 9.37 Å². The smallest absolute Gasteiger partial charge is 0.167 e. The molecule has 0 saturated carbocycles. The first kappa shape index (κ1) is 13.5. The van der Waals surface area contributed by atoms with Crippen LogP contribution >= 0.6 is 0 Å². The third kappa shape index (κ3) is 3.10. The summed E-state index contributed by atoms with van der Waals surface area (Å²) in [6.07, 6.45) is 8.60. The summed E-state index contributed by atoms with van der Waals surface area (Å²) in [5.41, 5.74) is -1.34. The Balaban J connectivity index is 2.06. The van der Waals surface area contributed by atoms with Crippen LogP contribution < -0.4 is 5.32 Å². The highest BCUT2D eigenvalue weighted by Gasteiger charge is 2.34. The molecular formula is C14H24FN3. The van der Waals surface area contributed by atoms with Crippen LogP contribution in [0.2, 0.25) is 0 Å². The van der Waals surface area contributed by atoms with Crippen LogP contribution in [0.4, 0.5) is 4.39 Å². The quantitative estimate of drug-likeness (QED) is 0.874. The molecule has 1 fully saturated rings. The number of imidazole rings is 1. The summed E-state index contributed by atoms with van der Waals surface area (Å²) in [5.74, 6) is 0.580. The van der Waals surface area contributed by atoms with E-state index in [0.717, 1.165) is 25.9 Å². The largest absolute Gasteiger partial charge is 0.332 e. The Morgan fingerprint density at radius 1 is 1.56 bits per heavy atom. The lowest BCUT2D eigenvalue weighted by molar-refractivity contribution is 0.130. The molecule has 1 aromatic rings. The Labute approximate surface area is 109 Å². The molecule has 1 N–H and O–H groups in total. The minimum Gasteiger partial charge on any atom is -0.332 e. The van der Waals surface area contributed by atoms with Crippen LogP contribution in [-0.4, -0.2) is 22.1 Å². The molecule has 0 radical (unpaired) electrons. The fraction of sp³-hybridized carbons (Fsp3) is 0.786. The molecule has 18 heavy (non-hydrogen) atoms. The van der Waals surface area contributed by atoms with E-state index in [1.807, 2.05) is 10.8 Å². The molecule has 1 aromatic heterocycles. The number of alkyl halides is 1. The molecule has 0 bridgehead atoms. The predicted octanol–water partition coefficient (Wildman–Crippen LogP) is 3.01. The van der Waals surface area contributed by atoms with Crippen molar-refractivity contribution in [2.24, 2.45) is 0 Å². The maximum absolute atomic E-state index is 14.9. The van der Waals surface area contributed by atoms with E-state index < -0.39 is 5.67 Å². The molecule has 0 amide bonds. The summed E-state index contributed by atoms with van der Waals surface area (Å²) >= 11 is 0. The van der Waals surface area contributed by atoms with Gasteiger partial charge in [0.05, 0.1) is 0 Å². The summed E-state index contributed by atoms with van der Waals surface area (Å²) in [6, 6.07) is 0.292. The van der Waals surface area contributed by atoms with Crippen LogP contribution in [0, 0.1) is 0 Å². The van der Waals surface area contributed by atoms with Gasteiger partial charge in [-0.05, 0) is 32.7 Å². The molecule has 2 heterocycles. The predicted molar refractivity (Wildman–Crippen MR) is 71.2 cm³/mol. The van der Waals surface area contributed by atoms with E-state index >= 15 is 0 Å². The fourth-order valence-electron chi connectivity index (χ4n) is 2.84. The monoisotopic (exact) mass is 253 g/mol. The zero-order valence-corrected chi connectivity index (χ0v) is 11.5. The van der Waals surface area contributed by atoms with Crippen molar-refractivity contribution < 1.29 is 4.39 Å². The van der Waals surface area contributed by atoms with Gasteiger partial charge in [-0.1, -0.05) is 13.3 Å². The van der Waals surface area contributed by atoms with E-state index in [4.69, 9.17) is 0 Å². The zero-order chi connectivity index (χ0) is 13.0. The van der Waals surface area contributed by atoms with E-state index in [0.29, 0.717) is 18.3 Å². The fourth-order valence-corrected chi connectivity index (χ4v) is 2.84. The number of hydrogen-bond acceptors (Lipinski definition) is 2. The average Bonchev–Trinajstić information content (AvgIpc) is 2.79. The number of halogens is 1. The second kappa shape index (κ2) is 5.83. The van der Waals surface area contributed by atoms with Crippen molar-refractivity contribution in [2.45, 2.75) is 64.2 Å². The van der Waals surface area contributed by atoms with Crippen LogP contribution in [0.1, 0.15) is 51.8 Å². The second-order valence-electron chi connectivity index (χ2n) is 5.49. The summed E-state index contributed by atoms with van der Waals surface area (Å²) in [4.78, 5) is 4.23. The Bertz CT molecular complexity index is 367. The Kier molecular flexibility index (Phi) is 4.38. The normalized spacial score (nSPS) is 23.8. The highest BCUT2D eigenvalue weighted by atomic mass is 19.1. The van der Waals surface area contributed by atoms with Crippen LogP contribution in [0.3, 0.4) is 0 Å². The highest BCUT2D eigenvalue weighted by molar-refractivity contribution is 5.05. The number of nitrogens with one attached hydrogen (secondary N) is 1. The van der Waals surface area contributed by atoms with Crippen LogP contribution in [0.25, 0.3) is 0 Å². The Hall–Kier alpha value is -0.900. The van der Waals surface area contributed by atoms with Gasteiger partial charge in [0.1, 0.15) is 5.82 Å². The number of aromatic nitrogens is 2. The van der Waals surface area contributed by atoms with Crippen molar-refractivity contribution in [1.82, 2.24) is 14.9 Å². The van der Waals surface area contributed by atoms with Gasteiger partial charge in [-0.3, -0.25) is 0 Å². The van der Waals surface area contributed by atoms with Crippen molar-refractivity contribution in [2.75, 3.05) is 6.54 Å². The van der Waals surface area contributed by atoms with Gasteiger partial charge in [0.25, 0.3) is 0 Å². The van der Waals surface area contributed by atoms with Crippen molar-refractivity contribution >= 4 is 0 Å². The minimum absolute atomic E-state index is 0.292. The van der Waals surface area contributed by atoms with E-state index in [2.05, 4.69) is 17.2 Å². The van der Waals surface area contributed by atoms with Crippen molar-refractivity contribution in [3.63, 3.8) is 0 Å². The first-order chi connectivity index (χ1) is 8.63. The summed E-state index contributed by atoms with van der Waals surface area (Å²) in [5, 5.41) is 3.41. The lowest BCUT2D eigenvalue weighted by atomic mass is 9.92. The third-order valence-corrected chi connectivity index (χ3v) is 3.69. The summed E-state index contributed by atoms with van der Waals surface area (Å²) in [7, 11) is 0. The molecule has 2 atom stereocenters. The Morgan fingerprint density at radius 3 is 3.06 bits per heavy atom. The number of rotatable bonds is 5. The molecule has 1 aliphatic rings. The van der Waals surface area contributed by atoms with Gasteiger partial charge >= 0.3 is 0 Å². The first-order valence-corrected chi connectivity index (χ1v) is 7.07. The van der Waals surface area contributed by atoms with Crippen molar-refractivity contribution in [1.29, 1.82) is 0 Å². The number of aryl methyl sites for hydroxylation is 1. The average molecular weight is 253 g/mol. The van der Waals surface area contributed by atoms with E-state index in [9.17, 15) is 4.39 Å². The molecule has 1 aliphatic heterocycles. The molecule has 0 spiro atoms.